The first-order chi connectivity index (χ1) is 5.90. The maximum Gasteiger partial charge on any atom is 0.223 e. The van der Waals surface area contributed by atoms with Crippen molar-refractivity contribution in [3.05, 3.63) is 0 Å². The van der Waals surface area contributed by atoms with Crippen LogP contribution in [0.25, 0.3) is 0 Å². The van der Waals surface area contributed by atoms with E-state index in [0.29, 0.717) is 13.1 Å². The molecule has 0 unspecified atom stereocenters. The molecule has 0 saturated heterocycles. The van der Waals surface area contributed by atoms with Gasteiger partial charge in [-0.3, -0.25) is 4.79 Å². The molecule has 0 spiro atoms. The molecule has 0 fully saturated rings. The summed E-state index contributed by atoms with van der Waals surface area (Å²) in [5, 5.41) is 0. The van der Waals surface area contributed by atoms with Gasteiger partial charge in [0.1, 0.15) is 9.84 Å². The second-order valence-electron chi connectivity index (χ2n) is 2.95. The number of rotatable bonds is 5. The van der Waals surface area contributed by atoms with E-state index < -0.39 is 9.84 Å². The van der Waals surface area contributed by atoms with Gasteiger partial charge in [-0.25, -0.2) is 8.42 Å². The van der Waals surface area contributed by atoms with Crippen molar-refractivity contribution in [1.29, 1.82) is 0 Å². The summed E-state index contributed by atoms with van der Waals surface area (Å²) in [5.74, 6) is -0.141. The van der Waals surface area contributed by atoms with E-state index in [1.54, 1.807) is 4.90 Å². The summed E-state index contributed by atoms with van der Waals surface area (Å²) in [6, 6.07) is 0. The number of nitrogens with zero attached hydrogens (tertiary/aromatic N) is 1. The highest BCUT2D eigenvalue weighted by Crippen LogP contribution is 1.96. The summed E-state index contributed by atoms with van der Waals surface area (Å²) in [4.78, 5) is 12.9. The Morgan fingerprint density at radius 3 is 2.00 bits per heavy atom. The van der Waals surface area contributed by atoms with Gasteiger partial charge >= 0.3 is 0 Å². The van der Waals surface area contributed by atoms with E-state index in [1.165, 1.54) is 0 Å². The minimum absolute atomic E-state index is 0.0532. The number of carbonyl (C=O) groups is 1. The summed E-state index contributed by atoms with van der Waals surface area (Å²) in [5.41, 5.74) is 0. The lowest BCUT2D eigenvalue weighted by Crippen LogP contribution is -2.31. The lowest BCUT2D eigenvalue weighted by atomic mass is 10.4. The third-order valence-corrected chi connectivity index (χ3v) is 2.75. The highest BCUT2D eigenvalue weighted by Gasteiger charge is 2.12. The highest BCUT2D eigenvalue weighted by atomic mass is 32.2. The molecule has 0 atom stereocenters. The molecule has 78 valence electrons. The van der Waals surface area contributed by atoms with Crippen molar-refractivity contribution in [1.82, 2.24) is 4.90 Å². The van der Waals surface area contributed by atoms with Gasteiger partial charge in [-0.1, -0.05) is 0 Å². The molecule has 0 aliphatic heterocycles. The van der Waals surface area contributed by atoms with E-state index in [1.807, 2.05) is 13.8 Å². The van der Waals surface area contributed by atoms with Gasteiger partial charge in [0.2, 0.25) is 5.91 Å². The molecule has 1 amide bonds. The minimum Gasteiger partial charge on any atom is -0.343 e. The lowest BCUT2D eigenvalue weighted by molar-refractivity contribution is -0.130. The molecule has 0 aliphatic carbocycles. The fourth-order valence-corrected chi connectivity index (χ4v) is 1.55. The van der Waals surface area contributed by atoms with Crippen molar-refractivity contribution in [2.24, 2.45) is 0 Å². The molecule has 0 aromatic carbocycles. The maximum absolute atomic E-state index is 11.3. The van der Waals surface area contributed by atoms with Crippen LogP contribution in [-0.4, -0.2) is 44.3 Å². The van der Waals surface area contributed by atoms with Crippen molar-refractivity contribution in [3.63, 3.8) is 0 Å². The van der Waals surface area contributed by atoms with Gasteiger partial charge in [0.25, 0.3) is 0 Å². The Kier molecular flexibility index (Phi) is 4.98. The molecule has 0 radical (unpaired) electrons. The van der Waals surface area contributed by atoms with Crippen molar-refractivity contribution < 1.29 is 13.2 Å². The number of amides is 1. The van der Waals surface area contributed by atoms with Gasteiger partial charge in [0.05, 0.1) is 5.75 Å². The van der Waals surface area contributed by atoms with Crippen LogP contribution in [0.1, 0.15) is 20.3 Å². The van der Waals surface area contributed by atoms with Crippen LogP contribution in [-0.2, 0) is 14.6 Å². The highest BCUT2D eigenvalue weighted by molar-refractivity contribution is 7.90. The predicted molar refractivity (Wildman–Crippen MR) is 52.3 cm³/mol. The van der Waals surface area contributed by atoms with E-state index in [9.17, 15) is 13.2 Å². The van der Waals surface area contributed by atoms with Crippen LogP contribution in [0.3, 0.4) is 0 Å². The van der Waals surface area contributed by atoms with Crippen molar-refractivity contribution in [3.8, 4) is 0 Å². The normalized spacial score (nSPS) is 11.3. The average molecular weight is 207 g/mol. The van der Waals surface area contributed by atoms with E-state index >= 15 is 0 Å². The van der Waals surface area contributed by atoms with Gasteiger partial charge in [-0.2, -0.15) is 0 Å². The fourth-order valence-electron chi connectivity index (χ4n) is 1.01. The molecule has 0 saturated carbocycles. The first kappa shape index (κ1) is 12.4. The molecule has 4 nitrogen and oxygen atoms in total. The molecule has 0 aromatic heterocycles. The summed E-state index contributed by atoms with van der Waals surface area (Å²) < 4.78 is 21.5. The zero-order chi connectivity index (χ0) is 10.5. The Morgan fingerprint density at radius 1 is 1.23 bits per heavy atom. The molecular weight excluding hydrogens is 190 g/mol. The van der Waals surface area contributed by atoms with Crippen LogP contribution < -0.4 is 0 Å². The first-order valence-electron chi connectivity index (χ1n) is 4.36. The van der Waals surface area contributed by atoms with Crippen LogP contribution in [0.5, 0.6) is 0 Å². The molecule has 0 bridgehead atoms. The van der Waals surface area contributed by atoms with Crippen LogP contribution in [0.4, 0.5) is 0 Å². The van der Waals surface area contributed by atoms with Crippen LogP contribution in [0.2, 0.25) is 0 Å². The summed E-state index contributed by atoms with van der Waals surface area (Å²) >= 11 is 0. The molecule has 0 rings (SSSR count). The predicted octanol–water partition coefficient (Wildman–Crippen LogP) is 0.290. The van der Waals surface area contributed by atoms with Gasteiger partial charge < -0.3 is 4.90 Å². The fraction of sp³-hybridized carbons (Fsp3) is 0.875. The minimum atomic E-state index is -3.02. The summed E-state index contributed by atoms with van der Waals surface area (Å²) in [6.07, 6.45) is 1.24. The van der Waals surface area contributed by atoms with Crippen LogP contribution in [0.15, 0.2) is 0 Å². The second-order valence-corrected chi connectivity index (χ2v) is 5.21. The monoisotopic (exact) mass is 207 g/mol. The SMILES string of the molecule is CCN(CC)C(=O)CCS(C)(=O)=O. The maximum atomic E-state index is 11.3. The average Bonchev–Trinajstić information content (AvgIpc) is 2.02. The van der Waals surface area contributed by atoms with Gasteiger partial charge in [0, 0.05) is 25.8 Å². The summed E-state index contributed by atoms with van der Waals surface area (Å²) in [7, 11) is -3.02. The Balaban J connectivity index is 4.01. The Bertz CT molecular complexity index is 255. The number of hydrogen-bond acceptors (Lipinski definition) is 3. The van der Waals surface area contributed by atoms with Gasteiger partial charge in [0.15, 0.2) is 0 Å². The van der Waals surface area contributed by atoms with Gasteiger partial charge in [-0.15, -0.1) is 0 Å². The van der Waals surface area contributed by atoms with Crippen molar-refractivity contribution in [2.45, 2.75) is 20.3 Å². The molecular formula is C8H17NO3S. The molecule has 0 N–H and O–H groups in total. The molecule has 0 heterocycles. The first-order valence-corrected chi connectivity index (χ1v) is 6.42. The van der Waals surface area contributed by atoms with Crippen molar-refractivity contribution >= 4 is 15.7 Å². The van der Waals surface area contributed by atoms with Crippen LogP contribution in [0, 0.1) is 0 Å². The molecule has 13 heavy (non-hydrogen) atoms. The summed E-state index contributed by atoms with van der Waals surface area (Å²) in [6.45, 7) is 5.03. The van der Waals surface area contributed by atoms with E-state index in [0.717, 1.165) is 6.26 Å². The third-order valence-electron chi connectivity index (χ3n) is 1.80. The van der Waals surface area contributed by atoms with Crippen LogP contribution >= 0.6 is 0 Å². The quantitative estimate of drug-likeness (QED) is 0.651. The smallest absolute Gasteiger partial charge is 0.223 e. The zero-order valence-electron chi connectivity index (χ0n) is 8.41. The number of sulfone groups is 1. The Labute approximate surface area is 79.8 Å². The van der Waals surface area contributed by atoms with E-state index in [2.05, 4.69) is 0 Å². The lowest BCUT2D eigenvalue weighted by Gasteiger charge is -2.17. The zero-order valence-corrected chi connectivity index (χ0v) is 9.23. The second kappa shape index (κ2) is 5.21. The number of carbonyl (C=O) groups excluding carboxylic acids is 1. The molecule has 0 aliphatic rings. The Morgan fingerprint density at radius 2 is 1.69 bits per heavy atom. The van der Waals surface area contributed by atoms with E-state index in [4.69, 9.17) is 0 Å². The van der Waals surface area contributed by atoms with Gasteiger partial charge in [-0.05, 0) is 13.8 Å². The number of hydrogen-bond donors (Lipinski definition) is 0. The van der Waals surface area contributed by atoms with E-state index in [-0.39, 0.29) is 18.1 Å². The third kappa shape index (κ3) is 5.63. The standard InChI is InChI=1S/C8H17NO3S/c1-4-9(5-2)8(10)6-7-13(3,11)12/h4-7H2,1-3H3. The Hall–Kier alpha value is -0.580. The van der Waals surface area contributed by atoms with Crippen molar-refractivity contribution in [2.75, 3.05) is 25.1 Å². The topological polar surface area (TPSA) is 54.5 Å². The molecule has 0 aromatic rings. The largest absolute Gasteiger partial charge is 0.343 e. The molecule has 5 heteroatoms.